The summed E-state index contributed by atoms with van der Waals surface area (Å²) in [4.78, 5) is 35.9. The highest BCUT2D eigenvalue weighted by Crippen LogP contribution is 2.26. The van der Waals surface area contributed by atoms with Gasteiger partial charge in [0.2, 0.25) is 5.76 Å². The Morgan fingerprint density at radius 2 is 1.96 bits per heavy atom. The van der Waals surface area contributed by atoms with Crippen molar-refractivity contribution in [2.45, 2.75) is 20.0 Å². The Morgan fingerprint density at radius 1 is 1.23 bits per heavy atom. The van der Waals surface area contributed by atoms with E-state index in [4.69, 9.17) is 14.9 Å². The third kappa shape index (κ3) is 3.31. The predicted molar refractivity (Wildman–Crippen MR) is 97.3 cm³/mol. The molecule has 7 nitrogen and oxygen atoms in total. The lowest BCUT2D eigenvalue weighted by molar-refractivity contribution is -0.123. The highest BCUT2D eigenvalue weighted by molar-refractivity contribution is 7.14. The molecule has 0 spiro atoms. The number of hydrogen-bond acceptors (Lipinski definition) is 6. The van der Waals surface area contributed by atoms with Gasteiger partial charge in [-0.05, 0) is 31.4 Å². The summed E-state index contributed by atoms with van der Waals surface area (Å²) in [5.41, 5.74) is 6.66. The molecule has 1 atom stereocenters. The van der Waals surface area contributed by atoms with Gasteiger partial charge in [0, 0.05) is 10.9 Å². The van der Waals surface area contributed by atoms with Crippen LogP contribution in [0.4, 0.5) is 5.00 Å². The summed E-state index contributed by atoms with van der Waals surface area (Å²) in [6.45, 7) is 3.18. The maximum atomic E-state index is 12.4. The number of rotatable bonds is 5. The molecule has 3 rings (SSSR count). The summed E-state index contributed by atoms with van der Waals surface area (Å²) in [6, 6.07) is 8.73. The number of aryl methyl sites for hydroxylation is 1. The monoisotopic (exact) mass is 372 g/mol. The summed E-state index contributed by atoms with van der Waals surface area (Å²) in [5.74, 6) is -1.90. The van der Waals surface area contributed by atoms with E-state index in [-0.39, 0.29) is 11.3 Å². The van der Waals surface area contributed by atoms with Crippen LogP contribution in [0, 0.1) is 6.92 Å². The molecule has 3 N–H and O–H groups in total. The van der Waals surface area contributed by atoms with Crippen molar-refractivity contribution in [3.05, 3.63) is 52.6 Å². The number of nitrogens with two attached hydrogens (primary N) is 1. The Hall–Kier alpha value is -3.13. The average Bonchev–Trinajstić information content (AvgIpc) is 3.20. The molecule has 0 aliphatic rings. The second-order valence-corrected chi connectivity index (χ2v) is 6.53. The number of thiophene rings is 1. The first-order valence-electron chi connectivity index (χ1n) is 7.75. The maximum absolute atomic E-state index is 12.4. The predicted octanol–water partition coefficient (Wildman–Crippen LogP) is 3.09. The highest BCUT2D eigenvalue weighted by Gasteiger charge is 2.25. The molecule has 2 aromatic heterocycles. The molecule has 26 heavy (non-hydrogen) atoms. The molecule has 2 amide bonds. The van der Waals surface area contributed by atoms with Crippen LogP contribution in [0.3, 0.4) is 0 Å². The van der Waals surface area contributed by atoms with Gasteiger partial charge in [-0.15, -0.1) is 11.3 Å². The van der Waals surface area contributed by atoms with Crippen LogP contribution in [0.25, 0.3) is 11.0 Å². The van der Waals surface area contributed by atoms with Crippen LogP contribution in [0.1, 0.15) is 33.4 Å². The van der Waals surface area contributed by atoms with Crippen molar-refractivity contribution in [1.29, 1.82) is 0 Å². The largest absolute Gasteiger partial charge is 0.449 e. The first-order chi connectivity index (χ1) is 12.4. The maximum Gasteiger partial charge on any atom is 0.375 e. The van der Waals surface area contributed by atoms with E-state index in [1.165, 1.54) is 13.0 Å². The lowest BCUT2D eigenvalue weighted by Crippen LogP contribution is -2.30. The number of fused-ring (bicyclic) bond motifs is 1. The molecule has 2 heterocycles. The Bertz CT molecular complexity index is 1000. The number of primary amides is 1. The van der Waals surface area contributed by atoms with E-state index in [0.717, 1.165) is 16.7 Å². The van der Waals surface area contributed by atoms with Crippen LogP contribution in [0.2, 0.25) is 0 Å². The Balaban J connectivity index is 1.72. The van der Waals surface area contributed by atoms with Crippen molar-refractivity contribution in [3.8, 4) is 0 Å². The van der Waals surface area contributed by atoms with Gasteiger partial charge in [-0.3, -0.25) is 9.59 Å². The van der Waals surface area contributed by atoms with E-state index in [1.807, 2.05) is 12.1 Å². The number of furan rings is 1. The first-order valence-corrected chi connectivity index (χ1v) is 8.63. The second kappa shape index (κ2) is 7.01. The van der Waals surface area contributed by atoms with Gasteiger partial charge in [0.25, 0.3) is 11.8 Å². The zero-order valence-electron chi connectivity index (χ0n) is 14.1. The summed E-state index contributed by atoms with van der Waals surface area (Å²) >= 11 is 1.15. The molecule has 0 radical (unpaired) electrons. The van der Waals surface area contributed by atoms with Crippen molar-refractivity contribution >= 4 is 45.1 Å². The first kappa shape index (κ1) is 17.7. The van der Waals surface area contributed by atoms with Crippen molar-refractivity contribution in [2.75, 3.05) is 5.32 Å². The minimum atomic E-state index is -1.09. The molecule has 0 bridgehead atoms. The average molecular weight is 372 g/mol. The molecule has 1 unspecified atom stereocenters. The molecule has 3 aromatic rings. The number of ether oxygens (including phenoxy) is 1. The highest BCUT2D eigenvalue weighted by atomic mass is 32.1. The van der Waals surface area contributed by atoms with Gasteiger partial charge in [-0.1, -0.05) is 18.2 Å². The number of anilines is 1. The quantitative estimate of drug-likeness (QED) is 0.669. The topological polar surface area (TPSA) is 112 Å². The minimum Gasteiger partial charge on any atom is -0.449 e. The second-order valence-electron chi connectivity index (χ2n) is 5.62. The van der Waals surface area contributed by atoms with E-state index in [0.29, 0.717) is 16.1 Å². The van der Waals surface area contributed by atoms with Gasteiger partial charge < -0.3 is 20.2 Å². The van der Waals surface area contributed by atoms with Gasteiger partial charge in [0.1, 0.15) is 10.6 Å². The number of carbonyl (C=O) groups excluding carboxylic acids is 3. The van der Waals surface area contributed by atoms with E-state index in [2.05, 4.69) is 5.32 Å². The van der Waals surface area contributed by atoms with Crippen LogP contribution in [0.5, 0.6) is 0 Å². The van der Waals surface area contributed by atoms with Gasteiger partial charge in [-0.25, -0.2) is 4.79 Å². The molecule has 0 fully saturated rings. The number of esters is 1. The van der Waals surface area contributed by atoms with Crippen molar-refractivity contribution < 1.29 is 23.5 Å². The molecular weight excluding hydrogens is 356 g/mol. The molecule has 0 saturated heterocycles. The van der Waals surface area contributed by atoms with Crippen molar-refractivity contribution in [2.24, 2.45) is 5.73 Å². The third-order valence-corrected chi connectivity index (χ3v) is 4.68. The van der Waals surface area contributed by atoms with Crippen molar-refractivity contribution in [1.82, 2.24) is 0 Å². The zero-order valence-corrected chi connectivity index (χ0v) is 14.9. The standard InChI is InChI=1S/C18H16N2O5S/c1-9-11-5-3-4-6-13(11)25-14(9)18(23)24-10(2)16(22)20-17-12(15(19)21)7-8-26-17/h3-8,10H,1-2H3,(H2,19,21)(H,20,22). The van der Waals surface area contributed by atoms with Crippen LogP contribution in [-0.2, 0) is 9.53 Å². The number of hydrogen-bond donors (Lipinski definition) is 2. The van der Waals surface area contributed by atoms with Gasteiger partial charge in [0.15, 0.2) is 6.10 Å². The van der Waals surface area contributed by atoms with Crippen LogP contribution >= 0.6 is 11.3 Å². The van der Waals surface area contributed by atoms with Crippen molar-refractivity contribution in [3.63, 3.8) is 0 Å². The van der Waals surface area contributed by atoms with E-state index in [9.17, 15) is 14.4 Å². The minimum absolute atomic E-state index is 0.0554. The van der Waals surface area contributed by atoms with Crippen LogP contribution < -0.4 is 11.1 Å². The summed E-state index contributed by atoms with van der Waals surface area (Å²) in [6.07, 6.45) is -1.09. The molecule has 1 aromatic carbocycles. The number of carbonyl (C=O) groups is 3. The fraction of sp³-hybridized carbons (Fsp3) is 0.167. The Labute approximate surface area is 152 Å². The smallest absolute Gasteiger partial charge is 0.375 e. The van der Waals surface area contributed by atoms with Gasteiger partial charge in [0.05, 0.1) is 5.56 Å². The number of nitrogens with one attached hydrogen (secondary N) is 1. The third-order valence-electron chi connectivity index (χ3n) is 3.85. The van der Waals surface area contributed by atoms with Crippen LogP contribution in [0.15, 0.2) is 40.1 Å². The molecule has 0 saturated carbocycles. The van der Waals surface area contributed by atoms with E-state index < -0.39 is 23.9 Å². The van der Waals surface area contributed by atoms with E-state index in [1.54, 1.807) is 24.4 Å². The Kier molecular flexibility index (Phi) is 4.77. The lowest BCUT2D eigenvalue weighted by Gasteiger charge is -2.12. The fourth-order valence-corrected chi connectivity index (χ4v) is 3.25. The normalized spacial score (nSPS) is 11.9. The summed E-state index contributed by atoms with van der Waals surface area (Å²) < 4.78 is 10.7. The van der Waals surface area contributed by atoms with Crippen LogP contribution in [-0.4, -0.2) is 23.9 Å². The fourth-order valence-electron chi connectivity index (χ4n) is 2.45. The van der Waals surface area contributed by atoms with Gasteiger partial charge in [-0.2, -0.15) is 0 Å². The summed E-state index contributed by atoms with van der Waals surface area (Å²) in [7, 11) is 0. The summed E-state index contributed by atoms with van der Waals surface area (Å²) in [5, 5.41) is 5.29. The van der Waals surface area contributed by atoms with E-state index >= 15 is 0 Å². The lowest BCUT2D eigenvalue weighted by atomic mass is 10.1. The molecule has 0 aliphatic carbocycles. The number of para-hydroxylation sites is 1. The Morgan fingerprint density at radius 3 is 2.65 bits per heavy atom. The number of amides is 2. The molecule has 8 heteroatoms. The molecule has 0 aliphatic heterocycles. The van der Waals surface area contributed by atoms with Gasteiger partial charge >= 0.3 is 5.97 Å². The number of benzene rings is 1. The molecular formula is C18H16N2O5S. The SMILES string of the molecule is Cc1c(C(=O)OC(C)C(=O)Nc2sccc2C(N)=O)oc2ccccc12. The zero-order chi connectivity index (χ0) is 18.8. The molecule has 134 valence electrons.